The molecule has 2 rings (SSSR count). The van der Waals surface area contributed by atoms with Crippen LogP contribution in [0.25, 0.3) is 0 Å². The average molecular weight is 182 g/mol. The maximum atomic E-state index is 5.96. The van der Waals surface area contributed by atoms with E-state index in [9.17, 15) is 0 Å². The Hall–Kier alpha value is -0.0800. The van der Waals surface area contributed by atoms with Crippen LogP contribution < -0.4 is 5.73 Å². The summed E-state index contributed by atoms with van der Waals surface area (Å²) < 4.78 is 0. The van der Waals surface area contributed by atoms with Crippen LogP contribution in [0.15, 0.2) is 0 Å². The van der Waals surface area contributed by atoms with Crippen LogP contribution in [-0.4, -0.2) is 30.6 Å². The molecule has 1 heterocycles. The molecular weight excluding hydrogens is 160 g/mol. The van der Waals surface area contributed by atoms with E-state index in [1.165, 1.54) is 51.6 Å². The average Bonchev–Trinajstić information content (AvgIpc) is 2.57. The number of likely N-dealkylation sites (tertiary alicyclic amines) is 1. The molecule has 0 aromatic carbocycles. The molecule has 2 aliphatic rings. The van der Waals surface area contributed by atoms with Gasteiger partial charge in [0, 0.05) is 19.1 Å². The minimum atomic E-state index is 0.454. The lowest BCUT2D eigenvalue weighted by atomic mass is 10.0. The Morgan fingerprint density at radius 1 is 1.08 bits per heavy atom. The Kier molecular flexibility index (Phi) is 3.23. The number of hydrogen-bond donors (Lipinski definition) is 1. The summed E-state index contributed by atoms with van der Waals surface area (Å²) >= 11 is 0. The normalized spacial score (nSPS) is 32.5. The second-order valence-electron chi connectivity index (χ2n) is 4.81. The second-order valence-corrected chi connectivity index (χ2v) is 4.81. The number of nitrogens with zero attached hydrogens (tertiary/aromatic N) is 1. The van der Waals surface area contributed by atoms with Gasteiger partial charge in [0.05, 0.1) is 0 Å². The van der Waals surface area contributed by atoms with Crippen molar-refractivity contribution in [3.05, 3.63) is 0 Å². The standard InChI is InChI=1S/C11H22N2/c12-11-6-3-7-13(9-11)8-10-4-1-2-5-10/h10-11H,1-9,12H2. The highest BCUT2D eigenvalue weighted by Crippen LogP contribution is 2.26. The van der Waals surface area contributed by atoms with Crippen LogP contribution in [0.2, 0.25) is 0 Å². The molecule has 1 saturated carbocycles. The SMILES string of the molecule is NC1CCCN(CC2CCCC2)C1. The quantitative estimate of drug-likeness (QED) is 0.703. The number of piperidine rings is 1. The van der Waals surface area contributed by atoms with Gasteiger partial charge in [-0.2, -0.15) is 0 Å². The molecular formula is C11H22N2. The minimum absolute atomic E-state index is 0.454. The van der Waals surface area contributed by atoms with E-state index in [0.29, 0.717) is 6.04 Å². The van der Waals surface area contributed by atoms with Gasteiger partial charge in [-0.05, 0) is 38.1 Å². The van der Waals surface area contributed by atoms with Gasteiger partial charge in [-0.1, -0.05) is 12.8 Å². The van der Waals surface area contributed by atoms with E-state index in [4.69, 9.17) is 5.73 Å². The summed E-state index contributed by atoms with van der Waals surface area (Å²) in [7, 11) is 0. The molecule has 1 aliphatic heterocycles. The lowest BCUT2D eigenvalue weighted by Gasteiger charge is -2.32. The highest BCUT2D eigenvalue weighted by molar-refractivity contribution is 4.78. The number of rotatable bonds is 2. The molecule has 1 atom stereocenters. The molecule has 0 radical (unpaired) electrons. The summed E-state index contributed by atoms with van der Waals surface area (Å²) in [5, 5.41) is 0. The molecule has 13 heavy (non-hydrogen) atoms. The van der Waals surface area contributed by atoms with Gasteiger partial charge in [-0.3, -0.25) is 0 Å². The highest BCUT2D eigenvalue weighted by Gasteiger charge is 2.21. The predicted molar refractivity (Wildman–Crippen MR) is 55.6 cm³/mol. The fraction of sp³-hybridized carbons (Fsp3) is 1.00. The van der Waals surface area contributed by atoms with Gasteiger partial charge in [0.1, 0.15) is 0 Å². The lowest BCUT2D eigenvalue weighted by Crippen LogP contribution is -2.44. The molecule has 1 unspecified atom stereocenters. The van der Waals surface area contributed by atoms with Gasteiger partial charge in [0.15, 0.2) is 0 Å². The van der Waals surface area contributed by atoms with Gasteiger partial charge >= 0.3 is 0 Å². The van der Waals surface area contributed by atoms with E-state index in [0.717, 1.165) is 12.5 Å². The molecule has 2 fully saturated rings. The van der Waals surface area contributed by atoms with E-state index in [1.54, 1.807) is 0 Å². The molecule has 0 bridgehead atoms. The van der Waals surface area contributed by atoms with Crippen LogP contribution in [0.4, 0.5) is 0 Å². The van der Waals surface area contributed by atoms with E-state index in [1.807, 2.05) is 0 Å². The van der Waals surface area contributed by atoms with Crippen LogP contribution in [0, 0.1) is 5.92 Å². The van der Waals surface area contributed by atoms with E-state index in [-0.39, 0.29) is 0 Å². The first-order chi connectivity index (χ1) is 6.34. The molecule has 2 nitrogen and oxygen atoms in total. The van der Waals surface area contributed by atoms with Gasteiger partial charge < -0.3 is 10.6 Å². The highest BCUT2D eigenvalue weighted by atomic mass is 15.1. The van der Waals surface area contributed by atoms with E-state index >= 15 is 0 Å². The number of hydrogen-bond acceptors (Lipinski definition) is 2. The Balaban J connectivity index is 1.73. The Labute approximate surface area is 81.5 Å². The third-order valence-electron chi connectivity index (χ3n) is 3.53. The third kappa shape index (κ3) is 2.68. The van der Waals surface area contributed by atoms with Crippen LogP contribution in [-0.2, 0) is 0 Å². The van der Waals surface area contributed by atoms with Crippen molar-refractivity contribution in [2.75, 3.05) is 19.6 Å². The summed E-state index contributed by atoms with van der Waals surface area (Å²) in [6.07, 6.45) is 8.40. The molecule has 0 aromatic heterocycles. The van der Waals surface area contributed by atoms with Crippen molar-refractivity contribution in [1.29, 1.82) is 0 Å². The Morgan fingerprint density at radius 3 is 2.54 bits per heavy atom. The van der Waals surface area contributed by atoms with E-state index in [2.05, 4.69) is 4.90 Å². The molecule has 2 heteroatoms. The summed E-state index contributed by atoms with van der Waals surface area (Å²) in [6, 6.07) is 0.454. The Morgan fingerprint density at radius 2 is 1.85 bits per heavy atom. The fourth-order valence-corrected chi connectivity index (χ4v) is 2.82. The Bertz CT molecular complexity index is 152. The van der Waals surface area contributed by atoms with Crippen LogP contribution in [0.1, 0.15) is 38.5 Å². The van der Waals surface area contributed by atoms with Crippen molar-refractivity contribution < 1.29 is 0 Å². The minimum Gasteiger partial charge on any atom is -0.327 e. The summed E-state index contributed by atoms with van der Waals surface area (Å²) in [4.78, 5) is 2.59. The van der Waals surface area contributed by atoms with Crippen molar-refractivity contribution in [1.82, 2.24) is 4.90 Å². The van der Waals surface area contributed by atoms with Crippen LogP contribution >= 0.6 is 0 Å². The monoisotopic (exact) mass is 182 g/mol. The first-order valence-electron chi connectivity index (χ1n) is 5.82. The van der Waals surface area contributed by atoms with Gasteiger partial charge in [-0.15, -0.1) is 0 Å². The maximum absolute atomic E-state index is 5.96. The molecule has 0 aromatic rings. The molecule has 0 amide bonds. The number of nitrogens with two attached hydrogens (primary N) is 1. The third-order valence-corrected chi connectivity index (χ3v) is 3.53. The summed E-state index contributed by atoms with van der Waals surface area (Å²) in [5.74, 6) is 0.991. The first-order valence-corrected chi connectivity index (χ1v) is 5.82. The second kappa shape index (κ2) is 4.43. The zero-order valence-corrected chi connectivity index (χ0v) is 8.54. The van der Waals surface area contributed by atoms with Crippen LogP contribution in [0.3, 0.4) is 0 Å². The summed E-state index contributed by atoms with van der Waals surface area (Å²) in [5.41, 5.74) is 5.96. The summed E-state index contributed by atoms with van der Waals surface area (Å²) in [6.45, 7) is 3.77. The largest absolute Gasteiger partial charge is 0.327 e. The zero-order valence-electron chi connectivity index (χ0n) is 8.54. The van der Waals surface area contributed by atoms with Crippen molar-refractivity contribution in [2.45, 2.75) is 44.6 Å². The smallest absolute Gasteiger partial charge is 0.0168 e. The lowest BCUT2D eigenvalue weighted by molar-refractivity contribution is 0.181. The maximum Gasteiger partial charge on any atom is 0.0168 e. The topological polar surface area (TPSA) is 29.3 Å². The zero-order chi connectivity index (χ0) is 9.10. The molecule has 0 spiro atoms. The van der Waals surface area contributed by atoms with Crippen molar-refractivity contribution >= 4 is 0 Å². The molecule has 1 aliphatic carbocycles. The van der Waals surface area contributed by atoms with Crippen molar-refractivity contribution in [3.63, 3.8) is 0 Å². The molecule has 2 N–H and O–H groups in total. The van der Waals surface area contributed by atoms with Gasteiger partial charge in [0.2, 0.25) is 0 Å². The van der Waals surface area contributed by atoms with Crippen LogP contribution in [0.5, 0.6) is 0 Å². The van der Waals surface area contributed by atoms with Gasteiger partial charge in [-0.25, -0.2) is 0 Å². The fourth-order valence-electron chi connectivity index (χ4n) is 2.82. The van der Waals surface area contributed by atoms with Gasteiger partial charge in [0.25, 0.3) is 0 Å². The molecule has 76 valence electrons. The first kappa shape index (κ1) is 9.47. The van der Waals surface area contributed by atoms with Crippen molar-refractivity contribution in [3.8, 4) is 0 Å². The van der Waals surface area contributed by atoms with E-state index < -0.39 is 0 Å². The predicted octanol–water partition coefficient (Wildman–Crippen LogP) is 1.60. The molecule has 1 saturated heterocycles. The van der Waals surface area contributed by atoms with Crippen molar-refractivity contribution in [2.24, 2.45) is 11.7 Å².